The van der Waals surface area contributed by atoms with Gasteiger partial charge < -0.3 is 14.9 Å². The Labute approximate surface area is 330 Å². The summed E-state index contributed by atoms with van der Waals surface area (Å²) in [6.07, 6.45) is 7.20. The lowest BCUT2D eigenvalue weighted by molar-refractivity contribution is -0.235. The van der Waals surface area contributed by atoms with Crippen molar-refractivity contribution in [3.8, 4) is 0 Å². The van der Waals surface area contributed by atoms with E-state index in [0.717, 1.165) is 69.0 Å². The van der Waals surface area contributed by atoms with Crippen molar-refractivity contribution < 1.29 is 29.3 Å². The van der Waals surface area contributed by atoms with E-state index in [4.69, 9.17) is 16.3 Å². The Balaban J connectivity index is 1.28. The summed E-state index contributed by atoms with van der Waals surface area (Å²) in [5.41, 5.74) is 1.56. The van der Waals surface area contributed by atoms with E-state index < -0.39 is 28.9 Å². The van der Waals surface area contributed by atoms with Gasteiger partial charge in [0.15, 0.2) is 5.78 Å². The summed E-state index contributed by atoms with van der Waals surface area (Å²) in [4.78, 5) is 41.4. The number of aliphatic hydroxyl groups excluding tert-OH is 1. The number of carbonyl (C=O) groups excluding carboxylic acids is 2. The zero-order valence-electron chi connectivity index (χ0n) is 34.8. The number of ketones is 1. The first kappa shape index (κ1) is 41.4. The van der Waals surface area contributed by atoms with Crippen LogP contribution in [0.5, 0.6) is 0 Å². The van der Waals surface area contributed by atoms with E-state index >= 15 is 0 Å². The third-order valence-electron chi connectivity index (χ3n) is 16.7. The second kappa shape index (κ2) is 14.3. The number of aliphatic hydroxyl groups is 1. The second-order valence-corrected chi connectivity index (χ2v) is 21.0. The number of carboxylic acid groups (broad SMARTS) is 1. The summed E-state index contributed by atoms with van der Waals surface area (Å²) in [5, 5.41) is 22.8. The van der Waals surface area contributed by atoms with Crippen molar-refractivity contribution >= 4 is 29.3 Å². The average Bonchev–Trinajstić information content (AvgIpc) is 3.39. The molecule has 0 spiro atoms. The van der Waals surface area contributed by atoms with Gasteiger partial charge in [-0.05, 0) is 135 Å². The van der Waals surface area contributed by atoms with Gasteiger partial charge in [0.2, 0.25) is 0 Å². The topological polar surface area (TPSA) is 104 Å². The molecule has 0 aliphatic heterocycles. The van der Waals surface area contributed by atoms with E-state index in [1.54, 1.807) is 13.8 Å². The highest BCUT2D eigenvalue weighted by atomic mass is 35.5. The third-order valence-corrected chi connectivity index (χ3v) is 16.9. The first-order valence-electron chi connectivity index (χ1n) is 20.9. The largest absolute Gasteiger partial charge is 0.481 e. The lowest BCUT2D eigenvalue weighted by Gasteiger charge is -2.72. The Morgan fingerprint density at radius 3 is 2.31 bits per heavy atom. The van der Waals surface area contributed by atoms with E-state index in [2.05, 4.69) is 66.4 Å². The van der Waals surface area contributed by atoms with Crippen molar-refractivity contribution in [3.05, 3.63) is 46.0 Å². The summed E-state index contributed by atoms with van der Waals surface area (Å²) in [6, 6.07) is 7.96. The summed E-state index contributed by atoms with van der Waals surface area (Å²) < 4.78 is 6.18. The van der Waals surface area contributed by atoms with Crippen molar-refractivity contribution in [3.63, 3.8) is 0 Å². The van der Waals surface area contributed by atoms with E-state index in [-0.39, 0.29) is 51.8 Å². The summed E-state index contributed by atoms with van der Waals surface area (Å²) >= 11 is 6.34. The van der Waals surface area contributed by atoms with Crippen LogP contribution in [0.15, 0.2) is 35.4 Å². The van der Waals surface area contributed by atoms with Gasteiger partial charge in [-0.1, -0.05) is 84.7 Å². The molecular formula is C46H68ClNO6. The van der Waals surface area contributed by atoms with Crippen LogP contribution in [-0.4, -0.2) is 58.1 Å². The Morgan fingerprint density at radius 1 is 0.981 bits per heavy atom. The number of ether oxygens (including phenoxy) is 1. The molecule has 6 rings (SSSR count). The van der Waals surface area contributed by atoms with Gasteiger partial charge in [-0.2, -0.15) is 0 Å². The minimum Gasteiger partial charge on any atom is -0.481 e. The highest BCUT2D eigenvalue weighted by molar-refractivity contribution is 6.30. The predicted octanol–water partition coefficient (Wildman–Crippen LogP) is 9.92. The molecule has 5 aliphatic rings. The fourth-order valence-electron chi connectivity index (χ4n) is 13.5. The van der Waals surface area contributed by atoms with E-state index in [1.807, 2.05) is 18.2 Å². The Morgan fingerprint density at radius 2 is 1.69 bits per heavy atom. The van der Waals surface area contributed by atoms with Gasteiger partial charge in [0.05, 0.1) is 17.9 Å². The fourth-order valence-corrected chi connectivity index (χ4v) is 13.7. The maximum absolute atomic E-state index is 14.2. The van der Waals surface area contributed by atoms with Crippen LogP contribution in [-0.2, 0) is 25.7 Å². The number of esters is 1. The van der Waals surface area contributed by atoms with Crippen LogP contribution in [0.4, 0.5) is 0 Å². The Hall–Kier alpha value is -2.22. The zero-order valence-corrected chi connectivity index (χ0v) is 35.6. The van der Waals surface area contributed by atoms with Gasteiger partial charge in [0.1, 0.15) is 6.10 Å². The molecule has 0 aromatic heterocycles. The Bertz CT molecular complexity index is 1680. The molecular weight excluding hydrogens is 698 g/mol. The minimum absolute atomic E-state index is 0.0195. The molecule has 0 heterocycles. The third kappa shape index (κ3) is 6.52. The first-order valence-corrected chi connectivity index (χ1v) is 21.3. The number of Topliss-reactive ketones (excluding diaryl/α,β-unsaturated/α-hetero) is 1. The molecule has 54 heavy (non-hydrogen) atoms. The van der Waals surface area contributed by atoms with E-state index in [1.165, 1.54) is 5.57 Å². The van der Waals surface area contributed by atoms with E-state index in [0.29, 0.717) is 36.4 Å². The monoisotopic (exact) mass is 765 g/mol. The fraction of sp³-hybridized carbons (Fsp3) is 0.761. The molecule has 8 heteroatoms. The van der Waals surface area contributed by atoms with Crippen LogP contribution in [0.3, 0.4) is 0 Å². The molecule has 2 unspecified atom stereocenters. The molecule has 4 fully saturated rings. The van der Waals surface area contributed by atoms with Gasteiger partial charge in [0, 0.05) is 35.4 Å². The van der Waals surface area contributed by atoms with Crippen LogP contribution in [0, 0.1) is 56.2 Å². The van der Waals surface area contributed by atoms with Crippen LogP contribution in [0.25, 0.3) is 0 Å². The Kier molecular flexibility index (Phi) is 11.0. The summed E-state index contributed by atoms with van der Waals surface area (Å²) in [5.74, 6) is 0.0361. The smallest absolute Gasteiger partial charge is 0.309 e. The normalized spacial score (nSPS) is 36.7. The maximum atomic E-state index is 14.2. The number of rotatable bonds is 11. The molecule has 0 radical (unpaired) electrons. The number of halogens is 1. The second-order valence-electron chi connectivity index (χ2n) is 20.5. The number of likely N-dealkylation sites (N-methyl/N-ethyl adjacent to an activating group) is 1. The average molecular weight is 767 g/mol. The number of allylic oxidation sites excluding steroid dienone is 1. The molecule has 2 N–H and O–H groups in total. The van der Waals surface area contributed by atoms with Crippen LogP contribution in [0.2, 0.25) is 5.02 Å². The number of nitrogens with zero attached hydrogens (tertiary/aromatic N) is 1. The highest BCUT2D eigenvalue weighted by Crippen LogP contribution is 2.77. The number of fused-ring (bicyclic) bond motifs is 7. The molecule has 7 nitrogen and oxygen atoms in total. The SMILES string of the molecule is CCN(Cc1cccc(Cl)c1)CC(O)C12CC[C@]3(C)[C@H](CC[C@@H]4[C@@]5(C)CC[C@H](OC(=O)CC(C)(C)C(=O)O)C(C)(C)[C@@H]5CC[C@]43C)C1=C(C(C)C)C(=O)C2. The molecule has 0 bridgehead atoms. The lowest BCUT2D eigenvalue weighted by Crippen LogP contribution is -2.66. The van der Waals surface area contributed by atoms with Gasteiger partial charge >= 0.3 is 11.9 Å². The molecule has 1 aromatic rings. The number of aliphatic carboxylic acids is 1. The molecule has 4 saturated carbocycles. The molecule has 0 amide bonds. The number of benzene rings is 1. The minimum atomic E-state index is -1.17. The van der Waals surface area contributed by atoms with Crippen molar-refractivity contribution in [1.29, 1.82) is 0 Å². The summed E-state index contributed by atoms with van der Waals surface area (Å²) in [7, 11) is 0. The van der Waals surface area contributed by atoms with Crippen molar-refractivity contribution in [2.75, 3.05) is 13.1 Å². The predicted molar refractivity (Wildman–Crippen MR) is 214 cm³/mol. The number of hydrogen-bond acceptors (Lipinski definition) is 6. The first-order chi connectivity index (χ1) is 25.1. The number of carboxylic acids is 1. The van der Waals surface area contributed by atoms with Gasteiger partial charge in [-0.15, -0.1) is 0 Å². The number of carbonyl (C=O) groups is 3. The highest BCUT2D eigenvalue weighted by Gasteiger charge is 2.70. The van der Waals surface area contributed by atoms with Gasteiger partial charge in [-0.25, -0.2) is 0 Å². The lowest BCUT2D eigenvalue weighted by atomic mass is 9.33. The van der Waals surface area contributed by atoms with Crippen molar-refractivity contribution in [2.24, 2.45) is 56.2 Å². The van der Waals surface area contributed by atoms with E-state index in [9.17, 15) is 24.6 Å². The van der Waals surface area contributed by atoms with Gasteiger partial charge in [-0.3, -0.25) is 19.3 Å². The maximum Gasteiger partial charge on any atom is 0.309 e. The molecule has 0 saturated heterocycles. The summed E-state index contributed by atoms with van der Waals surface area (Å²) in [6.45, 7) is 23.8. The quantitative estimate of drug-likeness (QED) is 0.216. The zero-order chi connectivity index (χ0) is 39.8. The molecule has 1 aromatic carbocycles. The van der Waals surface area contributed by atoms with Crippen LogP contribution >= 0.6 is 11.6 Å². The van der Waals surface area contributed by atoms with Crippen molar-refractivity contribution in [1.82, 2.24) is 4.90 Å². The standard InChI is InChI=1S/C46H68ClNO6/c1-11-48(26-29-13-12-14-30(47)23-29)27-35(50)46-22-21-44(9)31(39(46)38(28(2)3)32(49)24-46)15-16-34-43(8)19-18-36(54-37(51)25-41(4,5)40(52)53)42(6,7)33(43)17-20-45(34,44)10/h12-14,23,28,31,33-36,50H,11,15-22,24-27H2,1-10H3,(H,52,53)/t31-,33+,34-,35?,36+,43+,44-,45-,46?/m1/s1. The van der Waals surface area contributed by atoms with Crippen molar-refractivity contribution in [2.45, 2.75) is 152 Å². The molecule has 5 aliphatic carbocycles. The molecule has 9 atom stereocenters. The van der Waals surface area contributed by atoms with Crippen LogP contribution < -0.4 is 0 Å². The van der Waals surface area contributed by atoms with Gasteiger partial charge in [0.25, 0.3) is 0 Å². The number of hydrogen-bond donors (Lipinski definition) is 2. The molecule has 300 valence electrons. The van der Waals surface area contributed by atoms with Crippen LogP contribution in [0.1, 0.15) is 139 Å².